The summed E-state index contributed by atoms with van der Waals surface area (Å²) in [6.07, 6.45) is 11.2. The van der Waals surface area contributed by atoms with Gasteiger partial charge in [-0.15, -0.1) is 0 Å². The van der Waals surface area contributed by atoms with E-state index in [2.05, 4.69) is 20.8 Å². The molecule has 0 saturated heterocycles. The zero-order valence-corrected chi connectivity index (χ0v) is 16.1. The lowest BCUT2D eigenvalue weighted by Gasteiger charge is -2.58. The Morgan fingerprint density at radius 2 is 2.16 bits per heavy atom. The molecule has 25 heavy (non-hydrogen) atoms. The van der Waals surface area contributed by atoms with Crippen LogP contribution >= 0.6 is 0 Å². The molecule has 5 aliphatic carbocycles. The standard InChI is InChI=1S/C23H34O2/c1-4-20(25)19-11-15-12-23(15)21-13(2)9-14-10-16(24)5-6-17(14)18(21)7-8-22(19,23)3/h10,13,15,17-21,25H,4-9,11-12H2,1-3H3/t13-,15+,17+,18-,19+,20+,21-,22-,23-/m1/s1. The number of rotatable bonds is 2. The van der Waals surface area contributed by atoms with E-state index in [1.54, 1.807) is 0 Å². The fourth-order valence-corrected chi connectivity index (χ4v) is 8.80. The van der Waals surface area contributed by atoms with Gasteiger partial charge in [-0.05, 0) is 97.4 Å². The van der Waals surface area contributed by atoms with Gasteiger partial charge in [0.05, 0.1) is 6.10 Å². The van der Waals surface area contributed by atoms with Gasteiger partial charge in [0, 0.05) is 6.42 Å². The third-order valence-corrected chi connectivity index (χ3v) is 9.72. The third kappa shape index (κ3) is 1.93. The number of fused-ring (bicyclic) bond motifs is 3. The van der Waals surface area contributed by atoms with E-state index < -0.39 is 0 Å². The van der Waals surface area contributed by atoms with E-state index in [0.717, 1.165) is 43.4 Å². The van der Waals surface area contributed by atoms with Gasteiger partial charge in [0.1, 0.15) is 0 Å². The van der Waals surface area contributed by atoms with Gasteiger partial charge in [-0.2, -0.15) is 0 Å². The first kappa shape index (κ1) is 16.5. The van der Waals surface area contributed by atoms with Crippen molar-refractivity contribution in [2.75, 3.05) is 0 Å². The van der Waals surface area contributed by atoms with Crippen LogP contribution < -0.4 is 0 Å². The largest absolute Gasteiger partial charge is 0.393 e. The minimum atomic E-state index is -0.104. The maximum Gasteiger partial charge on any atom is 0.155 e. The summed E-state index contributed by atoms with van der Waals surface area (Å²) in [4.78, 5) is 11.9. The van der Waals surface area contributed by atoms with Crippen molar-refractivity contribution < 1.29 is 9.90 Å². The second kappa shape index (κ2) is 5.21. The molecular formula is C23H34O2. The number of carbonyl (C=O) groups is 1. The number of aliphatic hydroxyl groups is 1. The van der Waals surface area contributed by atoms with Gasteiger partial charge in [0.2, 0.25) is 0 Å². The van der Waals surface area contributed by atoms with E-state index in [9.17, 15) is 9.90 Å². The summed E-state index contributed by atoms with van der Waals surface area (Å²) in [6.45, 7) is 7.16. The molecule has 138 valence electrons. The lowest BCUT2D eigenvalue weighted by Crippen LogP contribution is -2.53. The average molecular weight is 343 g/mol. The van der Waals surface area contributed by atoms with Gasteiger partial charge in [-0.1, -0.05) is 26.3 Å². The zero-order valence-electron chi connectivity index (χ0n) is 16.1. The summed E-state index contributed by atoms with van der Waals surface area (Å²) in [5, 5.41) is 10.7. The summed E-state index contributed by atoms with van der Waals surface area (Å²) >= 11 is 0. The molecule has 4 saturated carbocycles. The molecular weight excluding hydrogens is 308 g/mol. The summed E-state index contributed by atoms with van der Waals surface area (Å²) in [6, 6.07) is 0. The van der Waals surface area contributed by atoms with Crippen LogP contribution in [0.25, 0.3) is 0 Å². The Labute approximate surface area is 152 Å². The third-order valence-electron chi connectivity index (χ3n) is 9.72. The monoisotopic (exact) mass is 342 g/mol. The molecule has 0 aliphatic heterocycles. The maximum absolute atomic E-state index is 11.9. The summed E-state index contributed by atoms with van der Waals surface area (Å²) in [5.74, 6) is 4.80. The van der Waals surface area contributed by atoms with Gasteiger partial charge < -0.3 is 5.11 Å². The molecule has 2 heteroatoms. The Morgan fingerprint density at radius 1 is 1.36 bits per heavy atom. The lowest BCUT2D eigenvalue weighted by atomic mass is 9.46. The van der Waals surface area contributed by atoms with Crippen LogP contribution in [-0.2, 0) is 4.79 Å². The van der Waals surface area contributed by atoms with Crippen molar-refractivity contribution in [1.29, 1.82) is 0 Å². The van der Waals surface area contributed by atoms with Crippen LogP contribution in [-0.4, -0.2) is 17.0 Å². The number of ketones is 1. The Morgan fingerprint density at radius 3 is 2.92 bits per heavy atom. The molecule has 9 atom stereocenters. The molecule has 0 aromatic carbocycles. The molecule has 4 fully saturated rings. The zero-order chi connectivity index (χ0) is 17.6. The van der Waals surface area contributed by atoms with Crippen LogP contribution in [0.4, 0.5) is 0 Å². The highest BCUT2D eigenvalue weighted by Crippen LogP contribution is 2.84. The molecule has 1 N–H and O–H groups in total. The van der Waals surface area contributed by atoms with E-state index in [0.29, 0.717) is 34.4 Å². The van der Waals surface area contributed by atoms with Crippen molar-refractivity contribution in [2.45, 2.75) is 78.2 Å². The second-order valence-electron chi connectivity index (χ2n) is 10.4. The number of allylic oxidation sites excluding steroid dienone is 1. The average Bonchev–Trinajstić information content (AvgIpc) is 3.23. The van der Waals surface area contributed by atoms with E-state index in [4.69, 9.17) is 0 Å². The second-order valence-corrected chi connectivity index (χ2v) is 10.4. The number of aliphatic hydroxyl groups excluding tert-OH is 1. The Kier molecular flexibility index (Phi) is 3.45. The fraction of sp³-hybridized carbons (Fsp3) is 0.870. The highest BCUT2D eigenvalue weighted by Gasteiger charge is 2.78. The van der Waals surface area contributed by atoms with Gasteiger partial charge in [0.15, 0.2) is 5.78 Å². The quantitative estimate of drug-likeness (QED) is 0.785. The molecule has 0 bridgehead atoms. The van der Waals surface area contributed by atoms with Crippen molar-refractivity contribution in [3.63, 3.8) is 0 Å². The Bertz CT molecular complexity index is 636. The van der Waals surface area contributed by atoms with Gasteiger partial charge in [0.25, 0.3) is 0 Å². The SMILES string of the molecule is CC[C@H](O)[C@@H]1C[C@H]2C[C@]23[C@H]2[C@H](CC[C@]13C)[C@H]1CCC(=O)C=C1C[C@H]2C. The molecule has 0 aromatic heterocycles. The van der Waals surface area contributed by atoms with E-state index in [1.165, 1.54) is 31.3 Å². The Hall–Kier alpha value is -0.630. The van der Waals surface area contributed by atoms with Crippen molar-refractivity contribution >= 4 is 5.78 Å². The van der Waals surface area contributed by atoms with Crippen LogP contribution in [0.1, 0.15) is 72.1 Å². The topological polar surface area (TPSA) is 37.3 Å². The van der Waals surface area contributed by atoms with Crippen LogP contribution in [0.3, 0.4) is 0 Å². The molecule has 1 spiro atoms. The first-order valence-corrected chi connectivity index (χ1v) is 10.8. The minimum absolute atomic E-state index is 0.104. The molecule has 0 aromatic rings. The van der Waals surface area contributed by atoms with Crippen molar-refractivity contribution in [3.05, 3.63) is 11.6 Å². The number of hydrogen-bond donors (Lipinski definition) is 1. The molecule has 5 aliphatic rings. The summed E-state index contributed by atoms with van der Waals surface area (Å²) in [5.41, 5.74) is 2.36. The molecule has 2 nitrogen and oxygen atoms in total. The summed E-state index contributed by atoms with van der Waals surface area (Å²) in [7, 11) is 0. The predicted octanol–water partition coefficient (Wildman–Crippen LogP) is 4.76. The first-order chi connectivity index (χ1) is 11.9. The smallest absolute Gasteiger partial charge is 0.155 e. The van der Waals surface area contributed by atoms with Crippen LogP contribution in [0, 0.1) is 46.3 Å². The highest BCUT2D eigenvalue weighted by atomic mass is 16.3. The van der Waals surface area contributed by atoms with Crippen LogP contribution in [0.2, 0.25) is 0 Å². The van der Waals surface area contributed by atoms with Gasteiger partial charge in [-0.3, -0.25) is 4.79 Å². The van der Waals surface area contributed by atoms with E-state index >= 15 is 0 Å². The number of hydrogen-bond acceptors (Lipinski definition) is 2. The molecule has 0 radical (unpaired) electrons. The van der Waals surface area contributed by atoms with E-state index in [1.807, 2.05) is 6.08 Å². The molecule has 0 heterocycles. The highest BCUT2D eigenvalue weighted by molar-refractivity contribution is 5.91. The predicted molar refractivity (Wildman–Crippen MR) is 98.9 cm³/mol. The Balaban J connectivity index is 1.52. The molecule has 5 rings (SSSR count). The van der Waals surface area contributed by atoms with Crippen molar-refractivity contribution in [3.8, 4) is 0 Å². The maximum atomic E-state index is 11.9. The fourth-order valence-electron chi connectivity index (χ4n) is 8.80. The minimum Gasteiger partial charge on any atom is -0.393 e. The van der Waals surface area contributed by atoms with Crippen molar-refractivity contribution in [1.82, 2.24) is 0 Å². The van der Waals surface area contributed by atoms with Crippen LogP contribution in [0.5, 0.6) is 0 Å². The van der Waals surface area contributed by atoms with Crippen LogP contribution in [0.15, 0.2) is 11.6 Å². The van der Waals surface area contributed by atoms with Gasteiger partial charge in [-0.25, -0.2) is 0 Å². The first-order valence-electron chi connectivity index (χ1n) is 10.8. The lowest BCUT2D eigenvalue weighted by molar-refractivity contribution is -0.118. The van der Waals surface area contributed by atoms with E-state index in [-0.39, 0.29) is 6.10 Å². The van der Waals surface area contributed by atoms with Gasteiger partial charge >= 0.3 is 0 Å². The number of carbonyl (C=O) groups excluding carboxylic acids is 1. The van der Waals surface area contributed by atoms with Crippen molar-refractivity contribution in [2.24, 2.45) is 46.3 Å². The molecule has 0 amide bonds. The molecule has 0 unspecified atom stereocenters. The summed E-state index contributed by atoms with van der Waals surface area (Å²) < 4.78 is 0. The normalized spacial score (nSPS) is 54.7.